The minimum atomic E-state index is -0.0787. The van der Waals surface area contributed by atoms with E-state index in [0.29, 0.717) is 24.1 Å². The molecule has 0 aliphatic carbocycles. The molecular formula is C25H24N2O2S. The molecule has 0 atom stereocenters. The van der Waals surface area contributed by atoms with E-state index in [2.05, 4.69) is 34.1 Å². The Morgan fingerprint density at radius 2 is 1.70 bits per heavy atom. The molecule has 4 nitrogen and oxygen atoms in total. The molecule has 2 aromatic heterocycles. The summed E-state index contributed by atoms with van der Waals surface area (Å²) in [6.45, 7) is 2.44. The van der Waals surface area contributed by atoms with E-state index in [4.69, 9.17) is 0 Å². The van der Waals surface area contributed by atoms with Crippen molar-refractivity contribution in [3.63, 3.8) is 0 Å². The van der Waals surface area contributed by atoms with Gasteiger partial charge in [0, 0.05) is 23.2 Å². The predicted octanol–water partition coefficient (Wildman–Crippen LogP) is 5.01. The highest BCUT2D eigenvalue weighted by atomic mass is 32.1. The molecule has 0 fully saturated rings. The lowest BCUT2D eigenvalue weighted by Gasteiger charge is -2.16. The van der Waals surface area contributed by atoms with Crippen molar-refractivity contribution >= 4 is 11.3 Å². The van der Waals surface area contributed by atoms with Crippen molar-refractivity contribution in [1.29, 1.82) is 0 Å². The molecule has 0 spiro atoms. The van der Waals surface area contributed by atoms with Gasteiger partial charge in [-0.1, -0.05) is 48.5 Å². The average Bonchev–Trinajstić information content (AvgIpc) is 3.28. The summed E-state index contributed by atoms with van der Waals surface area (Å²) >= 11 is 1.66. The molecule has 0 unspecified atom stereocenters. The molecular weight excluding hydrogens is 392 g/mol. The number of hydrogen-bond acceptors (Lipinski definition) is 4. The number of thiophene rings is 1. The van der Waals surface area contributed by atoms with Crippen molar-refractivity contribution in [3.05, 3.63) is 104 Å². The van der Waals surface area contributed by atoms with Gasteiger partial charge in [-0.25, -0.2) is 4.68 Å². The summed E-state index contributed by atoms with van der Waals surface area (Å²) in [5.74, 6) is 0.167. The van der Waals surface area contributed by atoms with Crippen LogP contribution in [0.25, 0.3) is 11.1 Å². The summed E-state index contributed by atoms with van der Waals surface area (Å²) < 4.78 is 1.58. The van der Waals surface area contributed by atoms with E-state index in [1.165, 1.54) is 11.1 Å². The highest BCUT2D eigenvalue weighted by Crippen LogP contribution is 2.32. The summed E-state index contributed by atoms with van der Waals surface area (Å²) in [5, 5.41) is 19.2. The van der Waals surface area contributed by atoms with Crippen LogP contribution in [0.4, 0.5) is 0 Å². The van der Waals surface area contributed by atoms with E-state index in [9.17, 15) is 9.90 Å². The number of aryl methyl sites for hydroxylation is 4. The summed E-state index contributed by atoms with van der Waals surface area (Å²) in [5.41, 5.74) is 5.19. The molecule has 0 amide bonds. The van der Waals surface area contributed by atoms with Gasteiger partial charge in [0.05, 0.1) is 5.69 Å². The second kappa shape index (κ2) is 9.09. The Morgan fingerprint density at radius 3 is 2.43 bits per heavy atom. The molecule has 4 rings (SSSR count). The molecule has 0 radical (unpaired) electrons. The first-order valence-electron chi connectivity index (χ1n) is 10.1. The molecule has 4 aromatic rings. The maximum atomic E-state index is 13.4. The topological polar surface area (TPSA) is 55.1 Å². The first-order valence-corrected chi connectivity index (χ1v) is 11.0. The average molecular weight is 417 g/mol. The van der Waals surface area contributed by atoms with Crippen molar-refractivity contribution in [2.24, 2.45) is 0 Å². The fourth-order valence-corrected chi connectivity index (χ4v) is 4.47. The summed E-state index contributed by atoms with van der Waals surface area (Å²) in [4.78, 5) is 13.4. The Balaban J connectivity index is 1.74. The highest BCUT2D eigenvalue weighted by molar-refractivity contribution is 7.07. The lowest BCUT2D eigenvalue weighted by atomic mass is 9.95. The van der Waals surface area contributed by atoms with Gasteiger partial charge in [0.15, 0.2) is 0 Å². The van der Waals surface area contributed by atoms with Crippen LogP contribution < -0.4 is 5.56 Å². The fourth-order valence-electron chi connectivity index (χ4n) is 3.77. The van der Waals surface area contributed by atoms with Crippen LogP contribution in [0.2, 0.25) is 0 Å². The van der Waals surface area contributed by atoms with Gasteiger partial charge >= 0.3 is 0 Å². The largest absolute Gasteiger partial charge is 0.507 e. The number of hydrogen-bond donors (Lipinski definition) is 1. The molecule has 152 valence electrons. The minimum absolute atomic E-state index is 0.0787. The predicted molar refractivity (Wildman–Crippen MR) is 122 cm³/mol. The summed E-state index contributed by atoms with van der Waals surface area (Å²) in [7, 11) is 0. The Hall–Kier alpha value is -3.18. The molecule has 5 heteroatoms. The monoisotopic (exact) mass is 416 g/mol. The van der Waals surface area contributed by atoms with E-state index >= 15 is 0 Å². The summed E-state index contributed by atoms with van der Waals surface area (Å²) in [6, 6.07) is 19.4. The summed E-state index contributed by atoms with van der Waals surface area (Å²) in [6.07, 6.45) is 2.13. The van der Waals surface area contributed by atoms with Crippen LogP contribution >= 0.6 is 11.3 Å². The van der Waals surface area contributed by atoms with E-state index in [-0.39, 0.29) is 11.3 Å². The van der Waals surface area contributed by atoms with Crippen LogP contribution in [0.3, 0.4) is 0 Å². The van der Waals surface area contributed by atoms with Gasteiger partial charge in [-0.3, -0.25) is 4.79 Å². The molecule has 2 heterocycles. The third-order valence-corrected chi connectivity index (χ3v) is 6.03. The number of aromatic hydroxyl groups is 1. The van der Waals surface area contributed by atoms with Crippen molar-refractivity contribution < 1.29 is 5.11 Å². The number of aromatic nitrogens is 2. The molecule has 0 saturated heterocycles. The van der Waals surface area contributed by atoms with Gasteiger partial charge in [0.1, 0.15) is 5.75 Å². The van der Waals surface area contributed by atoms with Crippen LogP contribution in [0.15, 0.2) is 76.2 Å². The van der Waals surface area contributed by atoms with Gasteiger partial charge < -0.3 is 5.11 Å². The third-order valence-electron chi connectivity index (χ3n) is 5.30. The Kier molecular flexibility index (Phi) is 6.10. The number of phenols is 1. The maximum absolute atomic E-state index is 13.4. The first kappa shape index (κ1) is 20.1. The zero-order valence-corrected chi connectivity index (χ0v) is 17.7. The number of rotatable bonds is 7. The minimum Gasteiger partial charge on any atom is -0.507 e. The molecule has 0 aliphatic heterocycles. The fraction of sp³-hybridized carbons (Fsp3) is 0.200. The molecule has 1 N–H and O–H groups in total. The van der Waals surface area contributed by atoms with Gasteiger partial charge in [0.2, 0.25) is 0 Å². The van der Waals surface area contributed by atoms with E-state index in [0.717, 1.165) is 24.1 Å². The van der Waals surface area contributed by atoms with Crippen molar-refractivity contribution in [3.8, 4) is 16.9 Å². The van der Waals surface area contributed by atoms with Gasteiger partial charge in [-0.15, -0.1) is 0 Å². The van der Waals surface area contributed by atoms with Gasteiger partial charge in [-0.05, 0) is 60.2 Å². The van der Waals surface area contributed by atoms with Gasteiger partial charge in [-0.2, -0.15) is 16.4 Å². The number of phenolic OH excluding ortho intramolecular Hbond substituents is 1. The Morgan fingerprint density at radius 1 is 0.933 bits per heavy atom. The van der Waals surface area contributed by atoms with Crippen molar-refractivity contribution in [2.45, 2.75) is 32.7 Å². The molecule has 0 aliphatic rings. The Labute approximate surface area is 180 Å². The van der Waals surface area contributed by atoms with E-state index in [1.807, 2.05) is 37.3 Å². The zero-order valence-electron chi connectivity index (χ0n) is 16.9. The SMILES string of the molecule is Cc1nn(CCc2ccccc2)c(=O)c(CCc2ccsc2)c1-c1ccccc1O. The molecule has 30 heavy (non-hydrogen) atoms. The number of para-hydroxylation sites is 1. The lowest BCUT2D eigenvalue weighted by molar-refractivity contribution is 0.477. The Bertz CT molecular complexity index is 1180. The second-order valence-electron chi connectivity index (χ2n) is 7.35. The molecule has 2 aromatic carbocycles. The quantitative estimate of drug-likeness (QED) is 0.461. The van der Waals surface area contributed by atoms with Crippen LogP contribution in [0.5, 0.6) is 5.75 Å². The second-order valence-corrected chi connectivity index (χ2v) is 8.13. The third kappa shape index (κ3) is 4.36. The number of benzene rings is 2. The molecule has 0 saturated carbocycles. The number of nitrogens with zero attached hydrogens (tertiary/aromatic N) is 2. The van der Waals surface area contributed by atoms with Crippen LogP contribution in [0.1, 0.15) is 22.4 Å². The van der Waals surface area contributed by atoms with E-state index < -0.39 is 0 Å². The van der Waals surface area contributed by atoms with Crippen LogP contribution in [0, 0.1) is 6.92 Å². The van der Waals surface area contributed by atoms with Crippen molar-refractivity contribution in [1.82, 2.24) is 9.78 Å². The molecule has 0 bridgehead atoms. The van der Waals surface area contributed by atoms with E-state index in [1.54, 1.807) is 28.2 Å². The van der Waals surface area contributed by atoms with Crippen molar-refractivity contribution in [2.75, 3.05) is 0 Å². The highest BCUT2D eigenvalue weighted by Gasteiger charge is 2.19. The zero-order chi connectivity index (χ0) is 20.9. The van der Waals surface area contributed by atoms with Gasteiger partial charge in [0.25, 0.3) is 5.56 Å². The standard InChI is InChI=1S/C25H24N2O2S/c1-18-24(21-9-5-6-10-23(21)28)22(12-11-20-14-16-30-17-20)25(29)27(26-18)15-13-19-7-3-2-4-8-19/h2-10,14,16-17,28H,11-13,15H2,1H3. The first-order chi connectivity index (χ1) is 14.6. The lowest BCUT2D eigenvalue weighted by Crippen LogP contribution is -2.29. The maximum Gasteiger partial charge on any atom is 0.270 e. The van der Waals surface area contributed by atoms with Crippen LogP contribution in [-0.2, 0) is 25.8 Å². The smallest absolute Gasteiger partial charge is 0.270 e. The normalized spacial score (nSPS) is 11.0. The van der Waals surface area contributed by atoms with Crippen LogP contribution in [-0.4, -0.2) is 14.9 Å².